The highest BCUT2D eigenvalue weighted by Gasteiger charge is 2.19. The van der Waals surface area contributed by atoms with E-state index in [4.69, 9.17) is 23.2 Å². The van der Waals surface area contributed by atoms with Crippen molar-refractivity contribution in [2.24, 2.45) is 0 Å². The van der Waals surface area contributed by atoms with Crippen molar-refractivity contribution >= 4 is 34.9 Å². The summed E-state index contributed by atoms with van der Waals surface area (Å²) in [6, 6.07) is 9.96. The third kappa shape index (κ3) is 4.67. The maximum atomic E-state index is 11.4. The molecule has 6 nitrogen and oxygen atoms in total. The summed E-state index contributed by atoms with van der Waals surface area (Å²) in [7, 11) is 0. The molecule has 0 bridgehead atoms. The number of carboxylic acids is 1. The number of rotatable bonds is 7. The molecule has 0 fully saturated rings. The van der Waals surface area contributed by atoms with Gasteiger partial charge >= 0.3 is 5.97 Å². The van der Waals surface area contributed by atoms with E-state index in [9.17, 15) is 20.0 Å². The molecule has 2 N–H and O–H groups in total. The molecule has 1 unspecified atom stereocenters. The summed E-state index contributed by atoms with van der Waals surface area (Å²) < 4.78 is 0. The SMILES string of the molecule is O=C(O)C(Cc1ccc([N+](=O)[O-])cc1)NCc1c(Cl)cccc1Cl. The van der Waals surface area contributed by atoms with Gasteiger partial charge in [-0.05, 0) is 24.1 Å². The van der Waals surface area contributed by atoms with Crippen LogP contribution >= 0.6 is 23.2 Å². The molecule has 0 saturated carbocycles. The molecule has 0 amide bonds. The van der Waals surface area contributed by atoms with Crippen LogP contribution in [0.4, 0.5) is 5.69 Å². The van der Waals surface area contributed by atoms with Gasteiger partial charge in [-0.2, -0.15) is 0 Å². The number of halogens is 2. The highest BCUT2D eigenvalue weighted by atomic mass is 35.5. The first-order valence-electron chi connectivity index (χ1n) is 7.01. The molecule has 2 aromatic rings. The molecule has 2 rings (SSSR count). The molecule has 0 spiro atoms. The number of nitrogens with one attached hydrogen (secondary N) is 1. The number of carbonyl (C=O) groups is 1. The van der Waals surface area contributed by atoms with Crippen LogP contribution in [0.3, 0.4) is 0 Å². The average molecular weight is 369 g/mol. The number of carboxylic acid groups (broad SMARTS) is 1. The van der Waals surface area contributed by atoms with Crippen molar-refractivity contribution in [1.29, 1.82) is 0 Å². The van der Waals surface area contributed by atoms with E-state index in [1.54, 1.807) is 18.2 Å². The lowest BCUT2D eigenvalue weighted by Gasteiger charge is -2.16. The summed E-state index contributed by atoms with van der Waals surface area (Å²) in [6.07, 6.45) is 0.176. The number of nitro groups is 1. The van der Waals surface area contributed by atoms with Gasteiger partial charge in [0.1, 0.15) is 6.04 Å². The highest BCUT2D eigenvalue weighted by molar-refractivity contribution is 6.35. The Morgan fingerprint density at radius 2 is 1.75 bits per heavy atom. The van der Waals surface area contributed by atoms with Gasteiger partial charge < -0.3 is 5.11 Å². The second-order valence-electron chi connectivity index (χ2n) is 5.10. The zero-order valence-corrected chi connectivity index (χ0v) is 13.9. The number of nitro benzene ring substituents is 1. The van der Waals surface area contributed by atoms with Crippen LogP contribution in [0, 0.1) is 10.1 Å². The molecule has 0 aliphatic heterocycles. The fraction of sp³-hybridized carbons (Fsp3) is 0.188. The van der Waals surface area contributed by atoms with E-state index in [0.717, 1.165) is 0 Å². The summed E-state index contributed by atoms with van der Waals surface area (Å²) >= 11 is 12.1. The Kier molecular flexibility index (Phi) is 6.14. The number of nitrogens with zero attached hydrogens (tertiary/aromatic N) is 1. The Hall–Kier alpha value is -2.15. The predicted octanol–water partition coefficient (Wildman–Crippen LogP) is 3.69. The van der Waals surface area contributed by atoms with Crippen LogP contribution in [0.1, 0.15) is 11.1 Å². The van der Waals surface area contributed by atoms with E-state index in [2.05, 4.69) is 5.32 Å². The lowest BCUT2D eigenvalue weighted by Crippen LogP contribution is -2.38. The molecule has 0 radical (unpaired) electrons. The molecular weight excluding hydrogens is 355 g/mol. The Balaban J connectivity index is 2.07. The van der Waals surface area contributed by atoms with E-state index in [1.807, 2.05) is 0 Å². The van der Waals surface area contributed by atoms with E-state index in [-0.39, 0.29) is 18.7 Å². The zero-order valence-electron chi connectivity index (χ0n) is 12.4. The molecule has 0 saturated heterocycles. The Morgan fingerprint density at radius 3 is 2.25 bits per heavy atom. The molecule has 0 aromatic heterocycles. The van der Waals surface area contributed by atoms with Crippen molar-refractivity contribution in [2.45, 2.75) is 19.0 Å². The van der Waals surface area contributed by atoms with Crippen LogP contribution in [0.15, 0.2) is 42.5 Å². The normalized spacial score (nSPS) is 11.9. The van der Waals surface area contributed by atoms with E-state index in [1.165, 1.54) is 24.3 Å². The van der Waals surface area contributed by atoms with Gasteiger partial charge in [0.25, 0.3) is 5.69 Å². The largest absolute Gasteiger partial charge is 0.480 e. The van der Waals surface area contributed by atoms with Crippen molar-refractivity contribution in [3.63, 3.8) is 0 Å². The number of hydrogen-bond acceptors (Lipinski definition) is 4. The maximum Gasteiger partial charge on any atom is 0.321 e. The van der Waals surface area contributed by atoms with Crippen LogP contribution in [-0.4, -0.2) is 22.0 Å². The maximum absolute atomic E-state index is 11.4. The van der Waals surface area contributed by atoms with Gasteiger partial charge in [-0.3, -0.25) is 20.2 Å². The van der Waals surface area contributed by atoms with E-state index >= 15 is 0 Å². The monoisotopic (exact) mass is 368 g/mol. The smallest absolute Gasteiger partial charge is 0.321 e. The van der Waals surface area contributed by atoms with Gasteiger partial charge in [0, 0.05) is 34.3 Å². The zero-order chi connectivity index (χ0) is 17.7. The molecule has 126 valence electrons. The fourth-order valence-corrected chi connectivity index (χ4v) is 2.69. The Labute approximate surface area is 148 Å². The minimum Gasteiger partial charge on any atom is -0.480 e. The van der Waals surface area contributed by atoms with Gasteiger partial charge in [-0.15, -0.1) is 0 Å². The summed E-state index contributed by atoms with van der Waals surface area (Å²) in [6.45, 7) is 0.197. The number of hydrogen-bond donors (Lipinski definition) is 2. The predicted molar refractivity (Wildman–Crippen MR) is 91.5 cm³/mol. The van der Waals surface area contributed by atoms with Crippen molar-refractivity contribution in [1.82, 2.24) is 5.32 Å². The van der Waals surface area contributed by atoms with Gasteiger partial charge in [0.2, 0.25) is 0 Å². The first-order valence-corrected chi connectivity index (χ1v) is 7.76. The second kappa shape index (κ2) is 8.10. The lowest BCUT2D eigenvalue weighted by atomic mass is 10.1. The van der Waals surface area contributed by atoms with E-state index in [0.29, 0.717) is 21.2 Å². The van der Waals surface area contributed by atoms with E-state index < -0.39 is 16.9 Å². The minimum atomic E-state index is -1.03. The average Bonchev–Trinajstić information content (AvgIpc) is 2.53. The molecular formula is C16H14Cl2N2O4. The fourth-order valence-electron chi connectivity index (χ4n) is 2.16. The molecule has 0 aliphatic rings. The van der Waals surface area contributed by atoms with Crippen molar-refractivity contribution in [2.75, 3.05) is 0 Å². The van der Waals surface area contributed by atoms with Crippen molar-refractivity contribution < 1.29 is 14.8 Å². The van der Waals surface area contributed by atoms with Crippen molar-refractivity contribution in [3.05, 3.63) is 73.8 Å². The van der Waals surface area contributed by atoms with Crippen LogP contribution in [0.2, 0.25) is 10.0 Å². The lowest BCUT2D eigenvalue weighted by molar-refractivity contribution is -0.384. The molecule has 24 heavy (non-hydrogen) atoms. The van der Waals surface area contributed by atoms with Gasteiger partial charge in [0.15, 0.2) is 0 Å². The molecule has 8 heteroatoms. The quantitative estimate of drug-likeness (QED) is 0.574. The highest BCUT2D eigenvalue weighted by Crippen LogP contribution is 2.24. The standard InChI is InChI=1S/C16H14Cl2N2O4/c17-13-2-1-3-14(18)12(13)9-19-15(16(21)22)8-10-4-6-11(7-5-10)20(23)24/h1-7,15,19H,8-9H2,(H,21,22). The number of non-ortho nitro benzene ring substituents is 1. The topological polar surface area (TPSA) is 92.5 Å². The third-order valence-electron chi connectivity index (χ3n) is 3.47. The summed E-state index contributed by atoms with van der Waals surface area (Å²) in [4.78, 5) is 21.6. The summed E-state index contributed by atoms with van der Waals surface area (Å²) in [5.41, 5.74) is 1.25. The second-order valence-corrected chi connectivity index (χ2v) is 5.91. The van der Waals surface area contributed by atoms with Crippen LogP contribution in [-0.2, 0) is 17.8 Å². The summed E-state index contributed by atoms with van der Waals surface area (Å²) in [5.74, 6) is -1.03. The first kappa shape index (κ1) is 18.2. The van der Waals surface area contributed by atoms with Gasteiger partial charge in [0.05, 0.1) is 4.92 Å². The minimum absolute atomic E-state index is 0.0403. The molecule has 0 aliphatic carbocycles. The van der Waals surface area contributed by atoms with Gasteiger partial charge in [-0.1, -0.05) is 41.4 Å². The Bertz CT molecular complexity index is 730. The van der Waals surface area contributed by atoms with Crippen LogP contribution < -0.4 is 5.32 Å². The Morgan fingerprint density at radius 1 is 1.17 bits per heavy atom. The van der Waals surface area contributed by atoms with Crippen LogP contribution in [0.25, 0.3) is 0 Å². The molecule has 2 aromatic carbocycles. The number of aliphatic carboxylic acids is 1. The van der Waals surface area contributed by atoms with Gasteiger partial charge in [-0.25, -0.2) is 0 Å². The number of benzene rings is 2. The summed E-state index contributed by atoms with van der Waals surface area (Å²) in [5, 5.41) is 23.8. The first-order chi connectivity index (χ1) is 11.4. The van der Waals surface area contributed by atoms with Crippen molar-refractivity contribution in [3.8, 4) is 0 Å². The van der Waals surface area contributed by atoms with Crippen LogP contribution in [0.5, 0.6) is 0 Å². The molecule has 0 heterocycles. The third-order valence-corrected chi connectivity index (χ3v) is 4.18. The molecule has 1 atom stereocenters.